The van der Waals surface area contributed by atoms with Crippen LogP contribution in [0.4, 0.5) is 4.79 Å². The van der Waals surface area contributed by atoms with Gasteiger partial charge in [0, 0.05) is 20.8 Å². The molecule has 0 radical (unpaired) electrons. The zero-order chi connectivity index (χ0) is 27.1. The number of alkyl halides is 6. The monoisotopic (exact) mass is 622 g/mol. The van der Waals surface area contributed by atoms with Crippen molar-refractivity contribution >= 4 is 99.5 Å². The number of hydrogen-bond donors (Lipinski definition) is 2. The fourth-order valence-electron chi connectivity index (χ4n) is 2.66. The van der Waals surface area contributed by atoms with Gasteiger partial charge in [0.15, 0.2) is 12.2 Å². The van der Waals surface area contributed by atoms with Gasteiger partial charge in [0.1, 0.15) is 25.4 Å². The van der Waals surface area contributed by atoms with Gasteiger partial charge < -0.3 is 33.7 Å². The highest BCUT2D eigenvalue weighted by molar-refractivity contribution is 6.76. The summed E-state index contributed by atoms with van der Waals surface area (Å²) in [5, 5.41) is 10.1. The van der Waals surface area contributed by atoms with Crippen molar-refractivity contribution in [2.24, 2.45) is 0 Å². The molecule has 0 aromatic carbocycles. The molecule has 0 aliphatic carbocycles. The van der Waals surface area contributed by atoms with Crippen LogP contribution >= 0.6 is 69.6 Å². The zero-order valence-corrected chi connectivity index (χ0v) is 22.7. The van der Waals surface area contributed by atoms with Crippen LogP contribution in [-0.2, 0) is 42.8 Å². The first-order valence-electron chi connectivity index (χ1n) is 9.36. The molecule has 0 bridgehead atoms. The summed E-state index contributed by atoms with van der Waals surface area (Å²) in [6, 6.07) is -1.55. The van der Waals surface area contributed by atoms with Gasteiger partial charge in [0.05, 0.1) is 0 Å². The quantitative estimate of drug-likeness (QED) is 0.142. The average molecular weight is 625 g/mol. The largest absolute Gasteiger partial charge is 0.463 e. The van der Waals surface area contributed by atoms with E-state index in [-0.39, 0.29) is 0 Å². The molecule has 1 heterocycles. The van der Waals surface area contributed by atoms with Crippen molar-refractivity contribution in [2.45, 2.75) is 59.0 Å². The first-order valence-corrected chi connectivity index (χ1v) is 11.6. The molecule has 1 rings (SSSR count). The smallest absolute Gasteiger partial charge is 0.407 e. The topological polar surface area (TPSA) is 160 Å². The Morgan fingerprint density at radius 1 is 0.857 bits per heavy atom. The number of amides is 1. The molecule has 0 spiro atoms. The molecule has 35 heavy (non-hydrogen) atoms. The molecule has 1 amide bonds. The van der Waals surface area contributed by atoms with E-state index >= 15 is 0 Å². The predicted molar refractivity (Wildman–Crippen MR) is 124 cm³/mol. The maximum atomic E-state index is 12.4. The normalized spacial score (nSPS) is 24.5. The minimum absolute atomic E-state index is 0.517. The molecule has 0 saturated carbocycles. The van der Waals surface area contributed by atoms with Gasteiger partial charge in [-0.3, -0.25) is 19.8 Å². The second-order valence-corrected chi connectivity index (χ2v) is 11.6. The number of esters is 3. The number of hydrogen-bond acceptors (Lipinski definition) is 11. The first kappa shape index (κ1) is 31.9. The van der Waals surface area contributed by atoms with Crippen LogP contribution in [0, 0.1) is 5.41 Å². The number of ether oxygens (including phenoxy) is 6. The van der Waals surface area contributed by atoms with Crippen LogP contribution in [0.25, 0.3) is 0 Å². The van der Waals surface area contributed by atoms with E-state index in [9.17, 15) is 19.2 Å². The van der Waals surface area contributed by atoms with Crippen LogP contribution in [0.15, 0.2) is 0 Å². The summed E-state index contributed by atoms with van der Waals surface area (Å²) in [5.41, 5.74) is 0. The highest BCUT2D eigenvalue weighted by atomic mass is 35.6. The van der Waals surface area contributed by atoms with Gasteiger partial charge in [-0.1, -0.05) is 69.6 Å². The van der Waals surface area contributed by atoms with Gasteiger partial charge in [-0.15, -0.1) is 0 Å². The maximum Gasteiger partial charge on any atom is 0.407 e. The van der Waals surface area contributed by atoms with Gasteiger partial charge in [-0.05, 0) is 0 Å². The molecule has 0 aromatic rings. The number of rotatable bonds is 7. The Kier molecular flexibility index (Phi) is 12.2. The number of nitrogens with one attached hydrogen (secondary N) is 2. The third-order valence-corrected chi connectivity index (χ3v) is 4.69. The van der Waals surface area contributed by atoms with Crippen molar-refractivity contribution in [3.05, 3.63) is 0 Å². The van der Waals surface area contributed by atoms with E-state index in [0.29, 0.717) is 0 Å². The van der Waals surface area contributed by atoms with Gasteiger partial charge in [-0.2, -0.15) is 0 Å². The van der Waals surface area contributed by atoms with E-state index in [1.54, 1.807) is 0 Å². The molecular weight excluding hydrogens is 605 g/mol. The van der Waals surface area contributed by atoms with Gasteiger partial charge >= 0.3 is 24.0 Å². The number of carbonyl (C=O) groups is 4. The molecular formula is C17H20Cl6N2O10. The third-order valence-electron chi connectivity index (χ3n) is 3.84. The minimum atomic E-state index is -2.36. The van der Waals surface area contributed by atoms with Crippen molar-refractivity contribution in [3.8, 4) is 0 Å². The van der Waals surface area contributed by atoms with Gasteiger partial charge in [0.2, 0.25) is 16.0 Å². The third kappa shape index (κ3) is 11.6. The Bertz CT molecular complexity index is 818. The second-order valence-electron chi connectivity index (χ2n) is 6.80. The Morgan fingerprint density at radius 3 is 1.86 bits per heavy atom. The Balaban J connectivity index is 3.41. The number of carbonyl (C=O) groups excluding carboxylic acids is 4. The Hall–Kier alpha value is -1.15. The zero-order valence-electron chi connectivity index (χ0n) is 18.2. The molecule has 2 N–H and O–H groups in total. The van der Waals surface area contributed by atoms with E-state index in [4.69, 9.17) is 103 Å². The van der Waals surface area contributed by atoms with Crippen molar-refractivity contribution < 1.29 is 47.6 Å². The highest BCUT2D eigenvalue weighted by Crippen LogP contribution is 2.33. The molecule has 1 saturated heterocycles. The molecule has 3 unspecified atom stereocenters. The van der Waals surface area contributed by atoms with Gasteiger partial charge in [0.25, 0.3) is 3.79 Å². The lowest BCUT2D eigenvalue weighted by Crippen LogP contribution is -2.67. The molecule has 1 aliphatic rings. The molecule has 5 atom stereocenters. The summed E-state index contributed by atoms with van der Waals surface area (Å²) < 4.78 is 26.8. The lowest BCUT2D eigenvalue weighted by Gasteiger charge is -2.44. The van der Waals surface area contributed by atoms with Crippen molar-refractivity contribution in [3.63, 3.8) is 0 Å². The minimum Gasteiger partial charge on any atom is -0.463 e. The molecule has 12 nitrogen and oxygen atoms in total. The van der Waals surface area contributed by atoms with E-state index in [1.807, 2.05) is 0 Å². The van der Waals surface area contributed by atoms with E-state index in [2.05, 4.69) is 5.32 Å². The fraction of sp³-hybridized carbons (Fsp3) is 0.706. The number of alkyl carbamates (subject to hydrolysis) is 1. The molecule has 200 valence electrons. The average Bonchev–Trinajstić information content (AvgIpc) is 2.67. The van der Waals surface area contributed by atoms with Crippen LogP contribution in [0.2, 0.25) is 0 Å². The number of halogens is 6. The molecule has 1 aliphatic heterocycles. The van der Waals surface area contributed by atoms with Crippen molar-refractivity contribution in [1.82, 2.24) is 5.32 Å². The van der Waals surface area contributed by atoms with Crippen molar-refractivity contribution in [2.75, 3.05) is 13.2 Å². The summed E-state index contributed by atoms with van der Waals surface area (Å²) in [5.74, 6) is -3.39. The lowest BCUT2D eigenvalue weighted by atomic mass is 9.96. The summed E-state index contributed by atoms with van der Waals surface area (Å²) in [6.07, 6.45) is -7.25. The Labute approximate surface area is 229 Å². The van der Waals surface area contributed by atoms with Crippen LogP contribution in [0.5, 0.6) is 0 Å². The SMILES string of the molecule is CC(=O)OCC1O[C@H](OC(=N)C(Cl)(Cl)Cl)C(NC(=O)OCC(Cl)(Cl)Cl)C(OC(C)=O)[C@@H]1OC(C)=O. The summed E-state index contributed by atoms with van der Waals surface area (Å²) in [4.78, 5) is 47.3. The lowest BCUT2D eigenvalue weighted by molar-refractivity contribution is -0.260. The molecule has 0 aromatic heterocycles. The second kappa shape index (κ2) is 13.4. The van der Waals surface area contributed by atoms with Crippen molar-refractivity contribution in [1.29, 1.82) is 5.41 Å². The Morgan fingerprint density at radius 2 is 1.40 bits per heavy atom. The summed E-state index contributed by atoms with van der Waals surface area (Å²) >= 11 is 33.7. The van der Waals surface area contributed by atoms with Gasteiger partial charge in [-0.25, -0.2) is 4.79 Å². The van der Waals surface area contributed by atoms with E-state index < -0.39 is 81.3 Å². The standard InChI is InChI=1S/C17H20Cl6N2O10/c1-6(26)30-4-9-11(32-7(2)27)12(33-8(3)28)10(25-15(29)31-5-16(18,19)20)13(34-9)35-14(24)17(21,22)23/h9-13,24H,4-5H2,1-3H3,(H,25,29)/t9?,10?,11-,12?,13-/m1/s1. The van der Waals surface area contributed by atoms with Crippen LogP contribution < -0.4 is 5.32 Å². The van der Waals surface area contributed by atoms with E-state index in [1.165, 1.54) is 0 Å². The van der Waals surface area contributed by atoms with Crippen LogP contribution in [0.1, 0.15) is 20.8 Å². The fourth-order valence-corrected chi connectivity index (χ4v) is 2.96. The predicted octanol–water partition coefficient (Wildman–Crippen LogP) is 2.97. The van der Waals surface area contributed by atoms with E-state index in [0.717, 1.165) is 20.8 Å². The highest BCUT2D eigenvalue weighted by Gasteiger charge is 2.53. The summed E-state index contributed by atoms with van der Waals surface area (Å²) in [6.45, 7) is 1.97. The maximum absolute atomic E-state index is 12.4. The molecule has 1 fully saturated rings. The van der Waals surface area contributed by atoms with Crippen LogP contribution in [-0.4, -0.2) is 81.3 Å². The first-order chi connectivity index (χ1) is 15.9. The van der Waals surface area contributed by atoms with Crippen LogP contribution in [0.3, 0.4) is 0 Å². The summed E-state index contributed by atoms with van der Waals surface area (Å²) in [7, 11) is 0. The molecule has 18 heteroatoms.